The molecule has 3 N–H and O–H groups in total. The Kier molecular flexibility index (Phi) is 3.96. The fourth-order valence-corrected chi connectivity index (χ4v) is 2.03. The number of hydrogen-bond donors (Lipinski definition) is 3. The van der Waals surface area contributed by atoms with Crippen molar-refractivity contribution in [2.24, 2.45) is 5.92 Å². The molecule has 1 aromatic rings. The third-order valence-corrected chi connectivity index (χ3v) is 3.31. The second-order valence-electron chi connectivity index (χ2n) is 4.74. The van der Waals surface area contributed by atoms with Crippen molar-refractivity contribution in [2.75, 3.05) is 0 Å². The van der Waals surface area contributed by atoms with Gasteiger partial charge in [0.15, 0.2) is 0 Å². The summed E-state index contributed by atoms with van der Waals surface area (Å²) in [7, 11) is 0. The Morgan fingerprint density at radius 3 is 2.83 bits per heavy atom. The van der Waals surface area contributed by atoms with E-state index in [-0.39, 0.29) is 12.3 Å². The number of carbonyl (C=O) groups excluding carboxylic acids is 1. The molecule has 2 rings (SSSR count). The number of nitrogens with zero attached hydrogens (tertiary/aromatic N) is 1. The second-order valence-corrected chi connectivity index (χ2v) is 4.74. The average Bonchev–Trinajstić information content (AvgIpc) is 2.75. The molecule has 6 nitrogen and oxygen atoms in total. The quantitative estimate of drug-likeness (QED) is 0.694. The molecule has 1 saturated carbocycles. The zero-order chi connectivity index (χ0) is 13.0. The number of rotatable bonds is 6. The van der Waals surface area contributed by atoms with Crippen molar-refractivity contribution in [3.63, 3.8) is 0 Å². The van der Waals surface area contributed by atoms with E-state index in [9.17, 15) is 9.59 Å². The predicted octanol–water partition coefficient (Wildman–Crippen LogP) is 0.712. The van der Waals surface area contributed by atoms with Crippen molar-refractivity contribution in [1.82, 2.24) is 15.3 Å². The summed E-state index contributed by atoms with van der Waals surface area (Å²) < 4.78 is 0. The summed E-state index contributed by atoms with van der Waals surface area (Å²) in [6.07, 6.45) is 7.04. The van der Waals surface area contributed by atoms with E-state index in [1.54, 1.807) is 6.20 Å². The van der Waals surface area contributed by atoms with Crippen molar-refractivity contribution in [2.45, 2.75) is 38.1 Å². The molecule has 0 aliphatic heterocycles. The molecule has 6 heteroatoms. The summed E-state index contributed by atoms with van der Waals surface area (Å²) in [6.45, 7) is 0. The van der Waals surface area contributed by atoms with Crippen LogP contribution in [0.25, 0.3) is 0 Å². The van der Waals surface area contributed by atoms with Gasteiger partial charge in [-0.2, -0.15) is 0 Å². The summed E-state index contributed by atoms with van der Waals surface area (Å²) in [5, 5.41) is 11.6. The molecule has 0 radical (unpaired) electrons. The van der Waals surface area contributed by atoms with Crippen LogP contribution >= 0.6 is 0 Å². The number of carboxylic acids is 1. The Balaban J connectivity index is 1.85. The minimum atomic E-state index is -1.02. The van der Waals surface area contributed by atoms with Crippen molar-refractivity contribution in [1.29, 1.82) is 0 Å². The Hall–Kier alpha value is -1.85. The zero-order valence-corrected chi connectivity index (χ0v) is 10.1. The molecule has 0 bridgehead atoms. The topological polar surface area (TPSA) is 95.1 Å². The van der Waals surface area contributed by atoms with E-state index >= 15 is 0 Å². The molecule has 1 aliphatic carbocycles. The molecule has 1 aromatic heterocycles. The lowest BCUT2D eigenvalue weighted by molar-refractivity contribution is -0.142. The highest BCUT2D eigenvalue weighted by Gasteiger charge is 2.25. The van der Waals surface area contributed by atoms with Crippen LogP contribution in [0.2, 0.25) is 0 Å². The average molecular weight is 251 g/mol. The summed E-state index contributed by atoms with van der Waals surface area (Å²) in [5.41, 5.74) is 0.700. The highest BCUT2D eigenvalue weighted by molar-refractivity contribution is 5.83. The van der Waals surface area contributed by atoms with Crippen molar-refractivity contribution < 1.29 is 14.7 Å². The van der Waals surface area contributed by atoms with E-state index < -0.39 is 12.0 Å². The molecule has 0 saturated heterocycles. The number of nitrogens with one attached hydrogen (secondary N) is 2. The molecule has 0 spiro atoms. The lowest BCUT2D eigenvalue weighted by Crippen LogP contribution is -2.43. The van der Waals surface area contributed by atoms with Gasteiger partial charge in [0, 0.05) is 24.7 Å². The van der Waals surface area contributed by atoms with Crippen molar-refractivity contribution >= 4 is 11.9 Å². The van der Waals surface area contributed by atoms with Crippen molar-refractivity contribution in [3.8, 4) is 0 Å². The third-order valence-electron chi connectivity index (χ3n) is 3.31. The van der Waals surface area contributed by atoms with Crippen LogP contribution in [0.15, 0.2) is 12.5 Å². The minimum Gasteiger partial charge on any atom is -0.480 e. The summed E-state index contributed by atoms with van der Waals surface area (Å²) in [6, 6.07) is -0.891. The Bertz CT molecular complexity index is 412. The van der Waals surface area contributed by atoms with Gasteiger partial charge in [-0.25, -0.2) is 9.78 Å². The molecule has 18 heavy (non-hydrogen) atoms. The third kappa shape index (κ3) is 3.32. The number of imidazole rings is 1. The fourth-order valence-electron chi connectivity index (χ4n) is 2.03. The first-order chi connectivity index (χ1) is 8.65. The number of amides is 1. The summed E-state index contributed by atoms with van der Waals surface area (Å²) in [4.78, 5) is 29.4. The van der Waals surface area contributed by atoms with Crippen LogP contribution in [-0.2, 0) is 16.0 Å². The molecule has 0 unspecified atom stereocenters. The molecule has 1 fully saturated rings. The second kappa shape index (κ2) is 5.66. The first-order valence-corrected chi connectivity index (χ1v) is 6.14. The molecular weight excluding hydrogens is 234 g/mol. The number of aromatic nitrogens is 2. The normalized spacial score (nSPS) is 16.9. The van der Waals surface area contributed by atoms with Gasteiger partial charge < -0.3 is 15.4 Å². The largest absolute Gasteiger partial charge is 0.480 e. The highest BCUT2D eigenvalue weighted by atomic mass is 16.4. The van der Waals surface area contributed by atoms with Gasteiger partial charge in [0.2, 0.25) is 5.91 Å². The molecule has 1 heterocycles. The van der Waals surface area contributed by atoms with E-state index in [4.69, 9.17) is 5.11 Å². The van der Waals surface area contributed by atoms with E-state index in [0.717, 1.165) is 12.8 Å². The van der Waals surface area contributed by atoms with Gasteiger partial charge in [0.1, 0.15) is 6.04 Å². The lowest BCUT2D eigenvalue weighted by Gasteiger charge is -2.25. The van der Waals surface area contributed by atoms with Crippen molar-refractivity contribution in [3.05, 3.63) is 18.2 Å². The Labute approximate surface area is 105 Å². The maximum Gasteiger partial charge on any atom is 0.326 e. The van der Waals surface area contributed by atoms with Gasteiger partial charge in [0.05, 0.1) is 6.33 Å². The molecular formula is C12H17N3O3. The fraction of sp³-hybridized carbons (Fsp3) is 0.583. The van der Waals surface area contributed by atoms with E-state index in [0.29, 0.717) is 18.0 Å². The van der Waals surface area contributed by atoms with Crippen LogP contribution in [-0.4, -0.2) is 33.0 Å². The molecule has 1 aliphatic rings. The van der Waals surface area contributed by atoms with Gasteiger partial charge in [-0.1, -0.05) is 6.42 Å². The van der Waals surface area contributed by atoms with Crippen LogP contribution in [0.5, 0.6) is 0 Å². The maximum atomic E-state index is 11.7. The maximum absolute atomic E-state index is 11.7. The number of aliphatic carboxylic acids is 1. The van der Waals surface area contributed by atoms with Crippen LogP contribution in [0.4, 0.5) is 0 Å². The lowest BCUT2D eigenvalue weighted by atomic mass is 9.83. The molecule has 1 atom stereocenters. The molecule has 98 valence electrons. The highest BCUT2D eigenvalue weighted by Crippen LogP contribution is 2.29. The number of carbonyl (C=O) groups is 2. The smallest absolute Gasteiger partial charge is 0.326 e. The van der Waals surface area contributed by atoms with Gasteiger partial charge in [-0.15, -0.1) is 0 Å². The van der Waals surface area contributed by atoms with E-state index in [2.05, 4.69) is 15.3 Å². The Morgan fingerprint density at radius 2 is 2.33 bits per heavy atom. The summed E-state index contributed by atoms with van der Waals surface area (Å²) >= 11 is 0. The van der Waals surface area contributed by atoms with Gasteiger partial charge in [-0.3, -0.25) is 4.79 Å². The predicted molar refractivity (Wildman–Crippen MR) is 63.8 cm³/mol. The number of aromatic amines is 1. The van der Waals surface area contributed by atoms with Crippen LogP contribution in [0, 0.1) is 5.92 Å². The molecule has 1 amide bonds. The number of carboxylic acid groups (broad SMARTS) is 1. The van der Waals surface area contributed by atoms with Crippen LogP contribution < -0.4 is 5.32 Å². The van der Waals surface area contributed by atoms with Crippen LogP contribution in [0.3, 0.4) is 0 Å². The van der Waals surface area contributed by atoms with Crippen LogP contribution in [0.1, 0.15) is 31.4 Å². The molecule has 0 aromatic carbocycles. The van der Waals surface area contributed by atoms with Gasteiger partial charge >= 0.3 is 5.97 Å². The number of H-pyrrole nitrogens is 1. The standard InChI is InChI=1S/C12H17N3O3/c16-11(4-8-2-1-3-8)15-10(12(17)18)5-9-6-13-7-14-9/h6-8,10H,1-5H2,(H,13,14)(H,15,16)(H,17,18)/t10-/m1/s1. The Morgan fingerprint density at radius 1 is 1.56 bits per heavy atom. The first kappa shape index (κ1) is 12.6. The van der Waals surface area contributed by atoms with Gasteiger partial charge in [-0.05, 0) is 18.8 Å². The monoisotopic (exact) mass is 251 g/mol. The van der Waals surface area contributed by atoms with Gasteiger partial charge in [0.25, 0.3) is 0 Å². The zero-order valence-electron chi connectivity index (χ0n) is 10.1. The summed E-state index contributed by atoms with van der Waals surface area (Å²) in [5.74, 6) is -0.759. The van der Waals surface area contributed by atoms with E-state index in [1.165, 1.54) is 12.7 Å². The van der Waals surface area contributed by atoms with E-state index in [1.807, 2.05) is 0 Å². The number of hydrogen-bond acceptors (Lipinski definition) is 3. The SMILES string of the molecule is O=C(CC1CCC1)N[C@H](Cc1cnc[nH]1)C(=O)O. The minimum absolute atomic E-state index is 0.174. The first-order valence-electron chi connectivity index (χ1n) is 6.14.